The first-order valence-corrected chi connectivity index (χ1v) is 21.1. The van der Waals surface area contributed by atoms with Crippen LogP contribution in [0.15, 0.2) is 231 Å². The van der Waals surface area contributed by atoms with Gasteiger partial charge in [-0.15, -0.1) is 0 Å². The fourth-order valence-electron chi connectivity index (χ4n) is 9.26. The molecular formula is C58H38N4. The van der Waals surface area contributed by atoms with Crippen molar-refractivity contribution >= 4 is 43.6 Å². The van der Waals surface area contributed by atoms with Crippen molar-refractivity contribution < 1.29 is 0 Å². The second-order valence-electron chi connectivity index (χ2n) is 15.8. The van der Waals surface area contributed by atoms with E-state index in [-0.39, 0.29) is 0 Å². The smallest absolute Gasteiger partial charge is 0.160 e. The fourth-order valence-corrected chi connectivity index (χ4v) is 9.26. The number of benzene rings is 9. The molecule has 0 fully saturated rings. The average Bonchev–Trinajstić information content (AvgIpc) is 3.88. The van der Waals surface area contributed by atoms with E-state index in [1.165, 1.54) is 43.6 Å². The molecule has 0 saturated heterocycles. The molecule has 0 aliphatic rings. The lowest BCUT2D eigenvalue weighted by molar-refractivity contribution is 1.17. The molecule has 0 atom stereocenters. The van der Waals surface area contributed by atoms with Crippen molar-refractivity contribution in [3.05, 3.63) is 231 Å². The van der Waals surface area contributed by atoms with Crippen LogP contribution in [-0.4, -0.2) is 19.1 Å². The molecule has 4 heteroatoms. The molecule has 4 nitrogen and oxygen atoms in total. The molecule has 0 N–H and O–H groups in total. The number of aromatic nitrogens is 4. The first kappa shape index (κ1) is 35.6. The predicted molar refractivity (Wildman–Crippen MR) is 258 cm³/mol. The summed E-state index contributed by atoms with van der Waals surface area (Å²) in [5.41, 5.74) is 16.4. The Morgan fingerprint density at radius 3 is 1.52 bits per heavy atom. The minimum absolute atomic E-state index is 0.692. The van der Waals surface area contributed by atoms with Gasteiger partial charge in [-0.25, -0.2) is 9.97 Å². The summed E-state index contributed by atoms with van der Waals surface area (Å²) in [7, 11) is 0. The molecule has 290 valence electrons. The second kappa shape index (κ2) is 14.7. The van der Waals surface area contributed by atoms with E-state index in [0.717, 1.165) is 61.7 Å². The SMILES string of the molecule is c1ccc(-c2cccc(-c3nc(-c4ccccc4)cc(-c4cccc(-c5cccc(-n6c7ccccc7c7ccc8c(c9ccccc9n8-c8ccccc8)c76)c5)c4)n3)c2)cc1. The lowest BCUT2D eigenvalue weighted by atomic mass is 9.99. The molecule has 62 heavy (non-hydrogen) atoms. The predicted octanol–water partition coefficient (Wildman–Crippen LogP) is 15.0. The van der Waals surface area contributed by atoms with E-state index in [0.29, 0.717) is 5.82 Å². The second-order valence-corrected chi connectivity index (χ2v) is 15.8. The fraction of sp³-hybridized carbons (Fsp3) is 0. The van der Waals surface area contributed by atoms with E-state index < -0.39 is 0 Å². The van der Waals surface area contributed by atoms with E-state index in [1.54, 1.807) is 0 Å². The van der Waals surface area contributed by atoms with Gasteiger partial charge in [-0.3, -0.25) is 0 Å². The molecular weight excluding hydrogens is 753 g/mol. The van der Waals surface area contributed by atoms with Gasteiger partial charge in [0.15, 0.2) is 5.82 Å². The van der Waals surface area contributed by atoms with Gasteiger partial charge >= 0.3 is 0 Å². The summed E-state index contributed by atoms with van der Waals surface area (Å²) in [6, 6.07) is 82.1. The molecule has 0 unspecified atom stereocenters. The van der Waals surface area contributed by atoms with E-state index >= 15 is 0 Å². The number of para-hydroxylation sites is 3. The van der Waals surface area contributed by atoms with Gasteiger partial charge in [-0.05, 0) is 82.9 Å². The van der Waals surface area contributed by atoms with Crippen molar-refractivity contribution in [3.8, 4) is 67.5 Å². The van der Waals surface area contributed by atoms with E-state index in [4.69, 9.17) is 9.97 Å². The molecule has 9 aromatic carbocycles. The monoisotopic (exact) mass is 790 g/mol. The number of rotatable bonds is 7. The Kier molecular flexibility index (Phi) is 8.46. The van der Waals surface area contributed by atoms with Crippen molar-refractivity contribution in [3.63, 3.8) is 0 Å². The summed E-state index contributed by atoms with van der Waals surface area (Å²) < 4.78 is 4.87. The normalized spacial score (nSPS) is 11.5. The molecule has 0 aliphatic heterocycles. The van der Waals surface area contributed by atoms with Crippen LogP contribution in [-0.2, 0) is 0 Å². The van der Waals surface area contributed by atoms with Crippen molar-refractivity contribution in [1.82, 2.24) is 19.1 Å². The molecule has 0 spiro atoms. The van der Waals surface area contributed by atoms with Gasteiger partial charge in [0.1, 0.15) is 0 Å². The lowest BCUT2D eigenvalue weighted by Crippen LogP contribution is -1.97. The van der Waals surface area contributed by atoms with Crippen molar-refractivity contribution in [2.75, 3.05) is 0 Å². The third-order valence-electron chi connectivity index (χ3n) is 12.1. The Morgan fingerprint density at radius 2 is 0.774 bits per heavy atom. The van der Waals surface area contributed by atoms with Crippen molar-refractivity contribution in [2.45, 2.75) is 0 Å². The van der Waals surface area contributed by atoms with Crippen LogP contribution in [0.3, 0.4) is 0 Å². The largest absolute Gasteiger partial charge is 0.309 e. The quantitative estimate of drug-likeness (QED) is 0.161. The molecule has 0 radical (unpaired) electrons. The maximum atomic E-state index is 5.26. The van der Waals surface area contributed by atoms with E-state index in [1.807, 2.05) is 12.1 Å². The summed E-state index contributed by atoms with van der Waals surface area (Å²) in [6.07, 6.45) is 0. The Balaban J connectivity index is 1.02. The third-order valence-corrected chi connectivity index (χ3v) is 12.1. The minimum atomic E-state index is 0.692. The maximum absolute atomic E-state index is 5.26. The average molecular weight is 791 g/mol. The van der Waals surface area contributed by atoms with Crippen LogP contribution in [0.4, 0.5) is 0 Å². The molecule has 3 aromatic heterocycles. The molecule has 0 saturated carbocycles. The first-order chi connectivity index (χ1) is 30.7. The molecule has 0 bridgehead atoms. The van der Waals surface area contributed by atoms with Crippen LogP contribution in [0.2, 0.25) is 0 Å². The Morgan fingerprint density at radius 1 is 0.274 bits per heavy atom. The van der Waals surface area contributed by atoms with E-state index in [9.17, 15) is 0 Å². The van der Waals surface area contributed by atoms with Crippen molar-refractivity contribution in [1.29, 1.82) is 0 Å². The van der Waals surface area contributed by atoms with E-state index in [2.05, 4.69) is 228 Å². The zero-order valence-electron chi connectivity index (χ0n) is 33.7. The zero-order valence-corrected chi connectivity index (χ0v) is 33.7. The summed E-state index contributed by atoms with van der Waals surface area (Å²) >= 11 is 0. The number of hydrogen-bond donors (Lipinski definition) is 0. The van der Waals surface area contributed by atoms with Gasteiger partial charge in [-0.1, -0.05) is 170 Å². The summed E-state index contributed by atoms with van der Waals surface area (Å²) in [5.74, 6) is 0.692. The van der Waals surface area contributed by atoms with Gasteiger partial charge in [0.2, 0.25) is 0 Å². The Hall–Kier alpha value is -8.34. The third kappa shape index (κ3) is 6.00. The minimum Gasteiger partial charge on any atom is -0.309 e. The number of nitrogens with zero attached hydrogens (tertiary/aromatic N) is 4. The van der Waals surface area contributed by atoms with Gasteiger partial charge in [0.05, 0.1) is 33.5 Å². The van der Waals surface area contributed by atoms with Gasteiger partial charge in [0, 0.05) is 49.6 Å². The highest BCUT2D eigenvalue weighted by Crippen LogP contribution is 2.42. The molecule has 3 heterocycles. The standard InChI is InChI=1S/C58H38N4/c1-4-17-39(18-5-1)41-21-15-25-45(36-41)58-59-51(40-19-6-2-7-20-40)38-52(60-58)44-24-14-22-42(35-44)43-23-16-28-47(37-43)62-53-31-12-10-29-48(53)49-33-34-55-56(57(49)62)50-30-11-13-32-54(50)61(55)46-26-8-3-9-27-46/h1-38H. The van der Waals surface area contributed by atoms with Crippen LogP contribution < -0.4 is 0 Å². The number of fused-ring (bicyclic) bond motifs is 7. The van der Waals surface area contributed by atoms with Crippen LogP contribution in [0.5, 0.6) is 0 Å². The van der Waals surface area contributed by atoms with Crippen LogP contribution >= 0.6 is 0 Å². The zero-order chi connectivity index (χ0) is 41.0. The lowest BCUT2D eigenvalue weighted by Gasteiger charge is -2.13. The highest BCUT2D eigenvalue weighted by atomic mass is 15.0. The topological polar surface area (TPSA) is 35.6 Å². The van der Waals surface area contributed by atoms with Crippen LogP contribution in [0.1, 0.15) is 0 Å². The van der Waals surface area contributed by atoms with Crippen molar-refractivity contribution in [2.24, 2.45) is 0 Å². The van der Waals surface area contributed by atoms with Gasteiger partial charge in [0.25, 0.3) is 0 Å². The molecule has 12 aromatic rings. The maximum Gasteiger partial charge on any atom is 0.160 e. The molecule has 12 rings (SSSR count). The highest BCUT2D eigenvalue weighted by Gasteiger charge is 2.21. The van der Waals surface area contributed by atoms with Crippen LogP contribution in [0, 0.1) is 0 Å². The number of hydrogen-bond acceptors (Lipinski definition) is 2. The summed E-state index contributed by atoms with van der Waals surface area (Å²) in [4.78, 5) is 10.4. The molecule has 0 amide bonds. The van der Waals surface area contributed by atoms with Crippen LogP contribution in [0.25, 0.3) is 111 Å². The first-order valence-electron chi connectivity index (χ1n) is 21.1. The highest BCUT2D eigenvalue weighted by molar-refractivity contribution is 6.26. The Labute approximate surface area is 359 Å². The summed E-state index contributed by atoms with van der Waals surface area (Å²) in [6.45, 7) is 0. The van der Waals surface area contributed by atoms with Gasteiger partial charge in [-0.2, -0.15) is 0 Å². The Bertz CT molecular complexity index is 3620. The van der Waals surface area contributed by atoms with Gasteiger partial charge < -0.3 is 9.13 Å². The summed E-state index contributed by atoms with van der Waals surface area (Å²) in [5, 5.41) is 4.94. The molecule has 0 aliphatic carbocycles.